The van der Waals surface area contributed by atoms with Gasteiger partial charge in [0, 0.05) is 24.4 Å². The highest BCUT2D eigenvalue weighted by atomic mass is 79.9. The molecule has 10 heteroatoms. The first-order valence-corrected chi connectivity index (χ1v) is 9.66. The summed E-state index contributed by atoms with van der Waals surface area (Å²) >= 11 is 3.40. The molecule has 3 amide bonds. The van der Waals surface area contributed by atoms with E-state index in [2.05, 4.69) is 26.6 Å². The van der Waals surface area contributed by atoms with Crippen LogP contribution in [0.25, 0.3) is 0 Å². The van der Waals surface area contributed by atoms with Gasteiger partial charge in [0.15, 0.2) is 0 Å². The number of hydrogen-bond donors (Lipinski definition) is 3. The number of carboxylic acid groups (broad SMARTS) is 1. The van der Waals surface area contributed by atoms with Gasteiger partial charge in [-0.05, 0) is 25.1 Å². The third-order valence-corrected chi connectivity index (χ3v) is 5.68. The summed E-state index contributed by atoms with van der Waals surface area (Å²) in [4.78, 5) is 37.7. The Bertz CT molecular complexity index is 796. The van der Waals surface area contributed by atoms with E-state index < -0.39 is 35.6 Å². The van der Waals surface area contributed by atoms with Crippen molar-refractivity contribution in [2.24, 2.45) is 0 Å². The highest BCUT2D eigenvalue weighted by Gasteiger charge is 2.50. The second-order valence-corrected chi connectivity index (χ2v) is 7.84. The van der Waals surface area contributed by atoms with E-state index >= 15 is 0 Å². The van der Waals surface area contributed by atoms with E-state index in [1.54, 1.807) is 18.2 Å². The largest absolute Gasteiger partial charge is 0.482 e. The number of ether oxygens (including phenoxy) is 2. The molecule has 1 aromatic carbocycles. The molecule has 0 bridgehead atoms. The number of anilines is 1. The lowest BCUT2D eigenvalue weighted by Gasteiger charge is -2.41. The first-order valence-electron chi connectivity index (χ1n) is 8.87. The standard InChI is InChI=1S/C18H22BrN3O6/c1-10(22(2)17(25)26)15(23)21-14-16(24)20-12-4-3-11(19)9-13(12)28-18(14)5-7-27-8-6-18/h3-4,9-10,14H,5-8H2,1-2H3,(H,20,24)(H,21,23)(H,25,26)/t10-,14+/m0/s1. The summed E-state index contributed by atoms with van der Waals surface area (Å²) in [6, 6.07) is 3.29. The Kier molecular flexibility index (Phi) is 5.80. The number of fused-ring (bicyclic) bond motifs is 1. The number of rotatable bonds is 3. The Morgan fingerprint density at radius 3 is 2.71 bits per heavy atom. The molecule has 1 fully saturated rings. The van der Waals surface area contributed by atoms with Crippen molar-refractivity contribution in [1.29, 1.82) is 0 Å². The van der Waals surface area contributed by atoms with Crippen LogP contribution in [0.2, 0.25) is 0 Å². The fraction of sp³-hybridized carbons (Fsp3) is 0.500. The Balaban J connectivity index is 1.93. The number of halogens is 1. The van der Waals surface area contributed by atoms with Crippen LogP contribution in [-0.2, 0) is 14.3 Å². The van der Waals surface area contributed by atoms with Crippen LogP contribution in [-0.4, -0.2) is 65.9 Å². The van der Waals surface area contributed by atoms with Crippen molar-refractivity contribution in [2.45, 2.75) is 37.5 Å². The van der Waals surface area contributed by atoms with Crippen LogP contribution in [0.1, 0.15) is 19.8 Å². The maximum Gasteiger partial charge on any atom is 0.407 e. The average molecular weight is 456 g/mol. The molecule has 1 spiro atoms. The van der Waals surface area contributed by atoms with Gasteiger partial charge in [0.2, 0.25) is 5.91 Å². The lowest BCUT2D eigenvalue weighted by Crippen LogP contribution is -2.64. The number of hydrogen-bond acceptors (Lipinski definition) is 5. The van der Waals surface area contributed by atoms with Gasteiger partial charge in [-0.15, -0.1) is 0 Å². The first-order chi connectivity index (χ1) is 13.2. The van der Waals surface area contributed by atoms with Crippen LogP contribution < -0.4 is 15.4 Å². The third-order valence-electron chi connectivity index (χ3n) is 5.19. The molecule has 9 nitrogen and oxygen atoms in total. The molecule has 0 aliphatic carbocycles. The molecule has 0 unspecified atom stereocenters. The van der Waals surface area contributed by atoms with Gasteiger partial charge in [0.05, 0.1) is 18.9 Å². The summed E-state index contributed by atoms with van der Waals surface area (Å²) < 4.78 is 12.5. The predicted molar refractivity (Wildman–Crippen MR) is 103 cm³/mol. The summed E-state index contributed by atoms with van der Waals surface area (Å²) in [7, 11) is 1.30. The van der Waals surface area contributed by atoms with Crippen molar-refractivity contribution in [3.63, 3.8) is 0 Å². The molecule has 1 saturated heterocycles. The number of nitrogens with zero attached hydrogens (tertiary/aromatic N) is 1. The molecule has 2 aliphatic rings. The number of amides is 3. The molecule has 1 aromatic rings. The van der Waals surface area contributed by atoms with Crippen LogP contribution in [0.4, 0.5) is 10.5 Å². The van der Waals surface area contributed by atoms with Crippen molar-refractivity contribution in [3.05, 3.63) is 22.7 Å². The Labute approximate surface area is 170 Å². The van der Waals surface area contributed by atoms with Crippen LogP contribution in [0.3, 0.4) is 0 Å². The van der Waals surface area contributed by atoms with Gasteiger partial charge in [0.1, 0.15) is 23.4 Å². The summed E-state index contributed by atoms with van der Waals surface area (Å²) in [6.07, 6.45) is -0.428. The number of carbonyl (C=O) groups excluding carboxylic acids is 2. The first kappa shape index (κ1) is 20.4. The lowest BCUT2D eigenvalue weighted by atomic mass is 9.85. The molecule has 3 N–H and O–H groups in total. The fourth-order valence-corrected chi connectivity index (χ4v) is 3.65. The molecule has 0 saturated carbocycles. The smallest absolute Gasteiger partial charge is 0.407 e. The predicted octanol–water partition coefficient (Wildman–Crippen LogP) is 1.81. The zero-order valence-electron chi connectivity index (χ0n) is 15.5. The van der Waals surface area contributed by atoms with Gasteiger partial charge in [-0.2, -0.15) is 0 Å². The monoisotopic (exact) mass is 455 g/mol. The summed E-state index contributed by atoms with van der Waals surface area (Å²) in [5.41, 5.74) is -0.488. The number of carbonyl (C=O) groups is 3. The molecule has 0 aromatic heterocycles. The molecule has 152 valence electrons. The summed E-state index contributed by atoms with van der Waals surface area (Å²) in [5, 5.41) is 14.6. The van der Waals surface area contributed by atoms with E-state index in [0.29, 0.717) is 37.5 Å². The van der Waals surface area contributed by atoms with Crippen molar-refractivity contribution >= 4 is 39.5 Å². The minimum absolute atomic E-state index is 0.383. The van der Waals surface area contributed by atoms with Gasteiger partial charge < -0.3 is 25.2 Å². The van der Waals surface area contributed by atoms with E-state index in [9.17, 15) is 14.4 Å². The second kappa shape index (κ2) is 7.96. The highest BCUT2D eigenvalue weighted by Crippen LogP contribution is 2.39. The average Bonchev–Trinajstić information content (AvgIpc) is 2.76. The maximum absolute atomic E-state index is 13.0. The Morgan fingerprint density at radius 2 is 2.07 bits per heavy atom. The van der Waals surface area contributed by atoms with E-state index in [0.717, 1.165) is 9.37 Å². The highest BCUT2D eigenvalue weighted by molar-refractivity contribution is 9.10. The van der Waals surface area contributed by atoms with Gasteiger partial charge in [-0.25, -0.2) is 4.79 Å². The minimum Gasteiger partial charge on any atom is -0.482 e. The minimum atomic E-state index is -1.23. The van der Waals surface area contributed by atoms with Gasteiger partial charge in [0.25, 0.3) is 5.91 Å². The number of nitrogens with one attached hydrogen (secondary N) is 2. The fourth-order valence-electron chi connectivity index (χ4n) is 3.31. The van der Waals surface area contributed by atoms with Gasteiger partial charge in [-0.1, -0.05) is 15.9 Å². The summed E-state index contributed by atoms with van der Waals surface area (Å²) in [5.74, 6) is -0.495. The third kappa shape index (κ3) is 3.93. The van der Waals surface area contributed by atoms with Crippen LogP contribution in [0.15, 0.2) is 22.7 Å². The van der Waals surface area contributed by atoms with Crippen LogP contribution in [0, 0.1) is 0 Å². The zero-order valence-corrected chi connectivity index (χ0v) is 17.1. The van der Waals surface area contributed by atoms with E-state index in [1.807, 2.05) is 0 Å². The molecule has 28 heavy (non-hydrogen) atoms. The molecule has 2 atom stereocenters. The van der Waals surface area contributed by atoms with E-state index in [1.165, 1.54) is 14.0 Å². The lowest BCUT2D eigenvalue weighted by molar-refractivity contribution is -0.137. The van der Waals surface area contributed by atoms with Crippen molar-refractivity contribution in [2.75, 3.05) is 25.6 Å². The molecular weight excluding hydrogens is 434 g/mol. The second-order valence-electron chi connectivity index (χ2n) is 6.92. The van der Waals surface area contributed by atoms with Crippen molar-refractivity contribution < 1.29 is 29.0 Å². The van der Waals surface area contributed by atoms with Crippen LogP contribution in [0.5, 0.6) is 5.75 Å². The topological polar surface area (TPSA) is 117 Å². The quantitative estimate of drug-likeness (QED) is 0.639. The van der Waals surface area contributed by atoms with Crippen molar-refractivity contribution in [1.82, 2.24) is 10.2 Å². The number of benzene rings is 1. The van der Waals surface area contributed by atoms with Gasteiger partial charge in [-0.3, -0.25) is 14.5 Å². The van der Waals surface area contributed by atoms with Crippen LogP contribution >= 0.6 is 15.9 Å². The normalized spacial score (nSPS) is 21.5. The summed E-state index contributed by atoms with van der Waals surface area (Å²) in [6.45, 7) is 2.22. The Morgan fingerprint density at radius 1 is 1.39 bits per heavy atom. The molecule has 3 rings (SSSR count). The number of likely N-dealkylation sites (N-methyl/N-ethyl adjacent to an activating group) is 1. The molecular formula is C18H22BrN3O6. The van der Waals surface area contributed by atoms with E-state index in [4.69, 9.17) is 14.6 Å². The van der Waals surface area contributed by atoms with Gasteiger partial charge >= 0.3 is 6.09 Å². The molecule has 2 heterocycles. The molecule has 0 radical (unpaired) electrons. The zero-order chi connectivity index (χ0) is 20.5. The van der Waals surface area contributed by atoms with Crippen molar-refractivity contribution in [3.8, 4) is 5.75 Å². The van der Waals surface area contributed by atoms with E-state index in [-0.39, 0.29) is 0 Å². The Hall–Kier alpha value is -2.33. The molecule has 2 aliphatic heterocycles. The maximum atomic E-state index is 13.0. The SMILES string of the molecule is C[C@@H](C(=O)N[C@@H]1C(=O)Nc2ccc(Br)cc2OC12CCOCC2)N(C)C(=O)O.